The number of hydrogen-bond donors (Lipinski definition) is 3. The predicted octanol–water partition coefficient (Wildman–Crippen LogP) is -0.705. The summed E-state index contributed by atoms with van der Waals surface area (Å²) in [7, 11) is 0. The summed E-state index contributed by atoms with van der Waals surface area (Å²) in [6.45, 7) is 3.10. The lowest BCUT2D eigenvalue weighted by molar-refractivity contribution is 0.0690. The fourth-order valence-electron chi connectivity index (χ4n) is 1.01. The molecule has 0 bridgehead atoms. The van der Waals surface area contributed by atoms with Crippen LogP contribution in [0.25, 0.3) is 0 Å². The maximum atomic E-state index is 11.0. The van der Waals surface area contributed by atoms with Gasteiger partial charge in [-0.05, 0) is 6.92 Å². The lowest BCUT2D eigenvalue weighted by Gasteiger charge is -2.04. The second-order valence-electron chi connectivity index (χ2n) is 2.96. The van der Waals surface area contributed by atoms with E-state index in [0.717, 1.165) is 0 Å². The number of hydrogen-bond acceptors (Lipinski definition) is 4. The molecule has 0 saturated heterocycles. The van der Waals surface area contributed by atoms with Crippen LogP contribution in [-0.4, -0.2) is 45.2 Å². The van der Waals surface area contributed by atoms with E-state index in [4.69, 9.17) is 5.11 Å². The van der Waals surface area contributed by atoms with E-state index < -0.39 is 5.97 Å². The van der Waals surface area contributed by atoms with E-state index in [-0.39, 0.29) is 11.7 Å². The minimum absolute atomic E-state index is 0.113. The largest absolute Gasteiger partial charge is 0.476 e. The minimum atomic E-state index is -1.12. The highest BCUT2D eigenvalue weighted by atomic mass is 16.4. The molecule has 0 radical (unpaired) electrons. The van der Waals surface area contributed by atoms with Crippen LogP contribution in [0.4, 0.5) is 4.79 Å². The summed E-state index contributed by atoms with van der Waals surface area (Å²) < 4.78 is 1.36. The molecule has 1 heterocycles. The van der Waals surface area contributed by atoms with Crippen LogP contribution in [0, 0.1) is 0 Å². The van der Waals surface area contributed by atoms with Gasteiger partial charge in [-0.1, -0.05) is 5.21 Å². The molecule has 8 heteroatoms. The van der Waals surface area contributed by atoms with Crippen molar-refractivity contribution in [1.29, 1.82) is 0 Å². The van der Waals surface area contributed by atoms with Gasteiger partial charge in [0, 0.05) is 13.1 Å². The number of aromatic nitrogens is 3. The second kappa shape index (κ2) is 5.69. The number of carbonyl (C=O) groups excluding carboxylic acids is 1. The molecule has 3 N–H and O–H groups in total. The van der Waals surface area contributed by atoms with E-state index in [0.29, 0.717) is 19.6 Å². The maximum absolute atomic E-state index is 11.0. The van der Waals surface area contributed by atoms with Crippen LogP contribution < -0.4 is 10.6 Å². The summed E-state index contributed by atoms with van der Waals surface area (Å²) in [6.07, 6.45) is 1.31. The molecular weight excluding hydrogens is 214 g/mol. The predicted molar refractivity (Wildman–Crippen MR) is 54.1 cm³/mol. The van der Waals surface area contributed by atoms with Crippen molar-refractivity contribution in [2.24, 2.45) is 0 Å². The summed E-state index contributed by atoms with van der Waals surface area (Å²) >= 11 is 0. The number of nitrogens with one attached hydrogen (secondary N) is 2. The average molecular weight is 227 g/mol. The molecule has 0 aliphatic rings. The van der Waals surface area contributed by atoms with Gasteiger partial charge < -0.3 is 15.7 Å². The van der Waals surface area contributed by atoms with E-state index in [2.05, 4.69) is 20.9 Å². The molecule has 2 amide bonds. The summed E-state index contributed by atoms with van der Waals surface area (Å²) in [4.78, 5) is 21.5. The number of amides is 2. The number of carbonyl (C=O) groups is 2. The zero-order chi connectivity index (χ0) is 12.0. The molecule has 8 nitrogen and oxygen atoms in total. The first-order valence-electron chi connectivity index (χ1n) is 4.78. The highest BCUT2D eigenvalue weighted by Crippen LogP contribution is 1.91. The molecule has 1 aromatic rings. The van der Waals surface area contributed by atoms with Crippen LogP contribution in [-0.2, 0) is 6.54 Å². The smallest absolute Gasteiger partial charge is 0.358 e. The Morgan fingerprint density at radius 3 is 2.81 bits per heavy atom. The van der Waals surface area contributed by atoms with Crippen molar-refractivity contribution in [3.8, 4) is 0 Å². The topological polar surface area (TPSA) is 109 Å². The molecule has 0 unspecified atom stereocenters. The Morgan fingerprint density at radius 2 is 2.25 bits per heavy atom. The second-order valence-corrected chi connectivity index (χ2v) is 2.96. The summed E-state index contributed by atoms with van der Waals surface area (Å²) in [5.74, 6) is -1.12. The Kier molecular flexibility index (Phi) is 4.25. The number of rotatable bonds is 5. The van der Waals surface area contributed by atoms with E-state index in [1.54, 1.807) is 0 Å². The van der Waals surface area contributed by atoms with Crippen molar-refractivity contribution in [3.63, 3.8) is 0 Å². The monoisotopic (exact) mass is 227 g/mol. The zero-order valence-electron chi connectivity index (χ0n) is 8.80. The van der Waals surface area contributed by atoms with Crippen LogP contribution in [0.15, 0.2) is 6.20 Å². The van der Waals surface area contributed by atoms with Crippen molar-refractivity contribution in [3.05, 3.63) is 11.9 Å². The van der Waals surface area contributed by atoms with Gasteiger partial charge in [0.1, 0.15) is 0 Å². The van der Waals surface area contributed by atoms with Gasteiger partial charge in [0.25, 0.3) is 0 Å². The highest BCUT2D eigenvalue weighted by Gasteiger charge is 2.07. The molecule has 16 heavy (non-hydrogen) atoms. The minimum Gasteiger partial charge on any atom is -0.476 e. The Bertz CT molecular complexity index is 376. The first-order valence-corrected chi connectivity index (χ1v) is 4.78. The molecule has 1 rings (SSSR count). The van der Waals surface area contributed by atoms with E-state index >= 15 is 0 Å². The van der Waals surface area contributed by atoms with Gasteiger partial charge in [0.05, 0.1) is 12.7 Å². The molecule has 0 atom stereocenters. The molecule has 88 valence electrons. The highest BCUT2D eigenvalue weighted by molar-refractivity contribution is 5.84. The first-order chi connectivity index (χ1) is 7.63. The van der Waals surface area contributed by atoms with Gasteiger partial charge in [-0.2, -0.15) is 0 Å². The molecule has 0 fully saturated rings. The Hall–Kier alpha value is -2.12. The van der Waals surface area contributed by atoms with Crippen LogP contribution in [0.1, 0.15) is 17.4 Å². The van der Waals surface area contributed by atoms with Crippen LogP contribution in [0.3, 0.4) is 0 Å². The average Bonchev–Trinajstić information content (AvgIpc) is 2.67. The quantitative estimate of drug-likeness (QED) is 0.616. The van der Waals surface area contributed by atoms with Crippen molar-refractivity contribution < 1.29 is 14.7 Å². The van der Waals surface area contributed by atoms with Crippen LogP contribution in [0.2, 0.25) is 0 Å². The molecule has 0 saturated carbocycles. The summed E-state index contributed by atoms with van der Waals surface area (Å²) in [5.41, 5.74) is -0.113. The van der Waals surface area contributed by atoms with Gasteiger partial charge in [0.15, 0.2) is 5.69 Å². The van der Waals surface area contributed by atoms with Gasteiger partial charge >= 0.3 is 12.0 Å². The third-order valence-electron chi connectivity index (χ3n) is 1.72. The Labute approximate surface area is 91.6 Å². The number of aromatic carboxylic acids is 1. The lowest BCUT2D eigenvalue weighted by atomic mass is 10.5. The van der Waals surface area contributed by atoms with Crippen LogP contribution in [0.5, 0.6) is 0 Å². The normalized spacial score (nSPS) is 9.81. The maximum Gasteiger partial charge on any atom is 0.358 e. The molecule has 1 aromatic heterocycles. The number of carboxylic acid groups (broad SMARTS) is 1. The van der Waals surface area contributed by atoms with Crippen molar-refractivity contribution in [2.75, 3.05) is 13.1 Å². The molecular formula is C8H13N5O3. The van der Waals surface area contributed by atoms with Crippen molar-refractivity contribution in [2.45, 2.75) is 13.5 Å². The van der Waals surface area contributed by atoms with Crippen LogP contribution >= 0.6 is 0 Å². The molecule has 0 aliphatic heterocycles. The van der Waals surface area contributed by atoms with Crippen molar-refractivity contribution in [1.82, 2.24) is 25.6 Å². The standard InChI is InChI=1S/C8H13N5O3/c1-2-9-8(16)10-3-4-13-5-6(7(14)15)11-12-13/h5H,2-4H2,1H3,(H,14,15)(H2,9,10,16). The summed E-state index contributed by atoms with van der Waals surface area (Å²) in [5, 5.41) is 20.8. The molecule has 0 aliphatic carbocycles. The van der Waals surface area contributed by atoms with Gasteiger partial charge in [-0.3, -0.25) is 0 Å². The van der Waals surface area contributed by atoms with E-state index in [1.807, 2.05) is 6.92 Å². The third-order valence-corrected chi connectivity index (χ3v) is 1.72. The zero-order valence-corrected chi connectivity index (χ0v) is 8.80. The summed E-state index contributed by atoms with van der Waals surface area (Å²) in [6, 6.07) is -0.263. The number of urea groups is 1. The van der Waals surface area contributed by atoms with Crippen molar-refractivity contribution >= 4 is 12.0 Å². The third kappa shape index (κ3) is 3.56. The first kappa shape index (κ1) is 12.0. The van der Waals surface area contributed by atoms with E-state index in [1.165, 1.54) is 10.9 Å². The van der Waals surface area contributed by atoms with Gasteiger partial charge in [-0.15, -0.1) is 5.10 Å². The Morgan fingerprint density at radius 1 is 1.50 bits per heavy atom. The fourth-order valence-corrected chi connectivity index (χ4v) is 1.01. The molecule has 0 aromatic carbocycles. The number of carboxylic acids is 1. The SMILES string of the molecule is CCNC(=O)NCCn1cc(C(=O)O)nn1. The lowest BCUT2D eigenvalue weighted by Crippen LogP contribution is -2.37. The molecule has 0 spiro atoms. The van der Waals surface area contributed by atoms with Gasteiger partial charge in [-0.25, -0.2) is 14.3 Å². The number of nitrogens with zero attached hydrogens (tertiary/aromatic N) is 3. The van der Waals surface area contributed by atoms with E-state index in [9.17, 15) is 9.59 Å². The fraction of sp³-hybridized carbons (Fsp3) is 0.500. The Balaban J connectivity index is 2.32. The van der Waals surface area contributed by atoms with Gasteiger partial charge in [0.2, 0.25) is 0 Å².